The van der Waals surface area contributed by atoms with E-state index in [0.717, 1.165) is 5.69 Å². The molecule has 0 saturated carbocycles. The molecule has 3 N–H and O–H groups in total. The van der Waals surface area contributed by atoms with Crippen molar-refractivity contribution in [2.24, 2.45) is 5.73 Å². The molecule has 18 heavy (non-hydrogen) atoms. The van der Waals surface area contributed by atoms with Gasteiger partial charge in [0.15, 0.2) is 0 Å². The van der Waals surface area contributed by atoms with Crippen LogP contribution in [0.5, 0.6) is 0 Å². The second kappa shape index (κ2) is 5.75. The number of halogens is 3. The Kier molecular flexibility index (Phi) is 4.58. The molecule has 0 spiro atoms. The number of nitrogens with two attached hydrogens (primary N) is 1. The van der Waals surface area contributed by atoms with Gasteiger partial charge in [0.05, 0.1) is 0 Å². The maximum Gasteiger partial charge on any atom is 0.389 e. The molecule has 1 aromatic carbocycles. The molecule has 0 aliphatic carbocycles. The van der Waals surface area contributed by atoms with Crippen LogP contribution >= 0.6 is 0 Å². The molecular formula is C12H16F3N3. The van der Waals surface area contributed by atoms with Crippen LogP contribution in [0.15, 0.2) is 24.3 Å². The van der Waals surface area contributed by atoms with Crippen molar-refractivity contribution in [3.8, 4) is 0 Å². The van der Waals surface area contributed by atoms with Gasteiger partial charge in [-0.05, 0) is 18.6 Å². The molecule has 0 radical (unpaired) electrons. The smallest absolute Gasteiger partial charge is 0.384 e. The van der Waals surface area contributed by atoms with Gasteiger partial charge in [-0.2, -0.15) is 13.2 Å². The van der Waals surface area contributed by atoms with Gasteiger partial charge in [0.2, 0.25) is 0 Å². The van der Waals surface area contributed by atoms with Crippen LogP contribution in [-0.4, -0.2) is 25.6 Å². The summed E-state index contributed by atoms with van der Waals surface area (Å²) in [6.45, 7) is 0.306. The average Bonchev–Trinajstić information content (AvgIpc) is 2.27. The van der Waals surface area contributed by atoms with Gasteiger partial charge >= 0.3 is 6.18 Å². The maximum absolute atomic E-state index is 12.0. The van der Waals surface area contributed by atoms with Gasteiger partial charge in [0.1, 0.15) is 5.84 Å². The van der Waals surface area contributed by atoms with E-state index in [1.807, 2.05) is 0 Å². The minimum Gasteiger partial charge on any atom is -0.384 e. The topological polar surface area (TPSA) is 53.1 Å². The zero-order chi connectivity index (χ0) is 13.8. The number of rotatable bonds is 5. The highest BCUT2D eigenvalue weighted by atomic mass is 19.4. The summed E-state index contributed by atoms with van der Waals surface area (Å²) < 4.78 is 36.0. The number of amidine groups is 1. The Morgan fingerprint density at radius 1 is 1.39 bits per heavy atom. The SMILES string of the molecule is CN(CCCC(F)(F)F)c1cccc(C(=N)N)c1. The molecule has 1 aromatic rings. The summed E-state index contributed by atoms with van der Waals surface area (Å²) >= 11 is 0. The number of benzene rings is 1. The monoisotopic (exact) mass is 259 g/mol. The second-order valence-corrected chi connectivity index (χ2v) is 4.10. The normalized spacial score (nSPS) is 11.3. The molecule has 0 heterocycles. The minimum absolute atomic E-state index is 0.0459. The van der Waals surface area contributed by atoms with E-state index in [-0.39, 0.29) is 12.3 Å². The van der Waals surface area contributed by atoms with E-state index >= 15 is 0 Å². The highest BCUT2D eigenvalue weighted by molar-refractivity contribution is 5.95. The number of hydrogen-bond acceptors (Lipinski definition) is 2. The van der Waals surface area contributed by atoms with E-state index in [0.29, 0.717) is 12.1 Å². The molecule has 0 aliphatic heterocycles. The van der Waals surface area contributed by atoms with Gasteiger partial charge < -0.3 is 10.6 Å². The number of nitrogens with one attached hydrogen (secondary N) is 1. The Morgan fingerprint density at radius 3 is 2.61 bits per heavy atom. The van der Waals surface area contributed by atoms with E-state index < -0.39 is 12.6 Å². The van der Waals surface area contributed by atoms with Crippen LogP contribution in [0, 0.1) is 5.41 Å². The van der Waals surface area contributed by atoms with Gasteiger partial charge in [-0.15, -0.1) is 0 Å². The standard InChI is InChI=1S/C12H16F3N3/c1-18(7-3-6-12(13,14)15)10-5-2-4-9(8-10)11(16)17/h2,4-5,8H,3,6-7H2,1H3,(H3,16,17). The third kappa shape index (κ3) is 4.65. The first-order chi connectivity index (χ1) is 8.29. The summed E-state index contributed by atoms with van der Waals surface area (Å²) in [4.78, 5) is 1.72. The highest BCUT2D eigenvalue weighted by Crippen LogP contribution is 2.22. The van der Waals surface area contributed by atoms with E-state index in [1.165, 1.54) is 0 Å². The Balaban J connectivity index is 2.59. The lowest BCUT2D eigenvalue weighted by Gasteiger charge is -2.20. The Morgan fingerprint density at radius 2 is 2.06 bits per heavy atom. The lowest BCUT2D eigenvalue weighted by atomic mass is 10.1. The molecule has 0 fully saturated rings. The second-order valence-electron chi connectivity index (χ2n) is 4.10. The molecule has 0 atom stereocenters. The van der Waals surface area contributed by atoms with Gasteiger partial charge in [0.25, 0.3) is 0 Å². The first-order valence-electron chi connectivity index (χ1n) is 5.52. The summed E-state index contributed by atoms with van der Waals surface area (Å²) in [6.07, 6.45) is -4.85. The average molecular weight is 259 g/mol. The number of nitrogen functional groups attached to an aromatic ring is 1. The lowest BCUT2D eigenvalue weighted by molar-refractivity contribution is -0.135. The summed E-state index contributed by atoms with van der Waals surface area (Å²) in [7, 11) is 1.72. The zero-order valence-corrected chi connectivity index (χ0v) is 10.1. The van der Waals surface area contributed by atoms with Gasteiger partial charge in [-0.1, -0.05) is 12.1 Å². The van der Waals surface area contributed by atoms with Crippen LogP contribution in [0.1, 0.15) is 18.4 Å². The van der Waals surface area contributed by atoms with Crippen molar-refractivity contribution in [2.45, 2.75) is 19.0 Å². The fraction of sp³-hybridized carbons (Fsp3) is 0.417. The van der Waals surface area contributed by atoms with Crippen LogP contribution in [0.25, 0.3) is 0 Å². The van der Waals surface area contributed by atoms with Gasteiger partial charge in [0, 0.05) is 31.3 Å². The van der Waals surface area contributed by atoms with E-state index in [1.54, 1.807) is 36.2 Å². The maximum atomic E-state index is 12.0. The predicted octanol–water partition coefficient (Wildman–Crippen LogP) is 2.75. The number of anilines is 1. The Bertz CT molecular complexity index is 415. The van der Waals surface area contributed by atoms with Crippen LogP contribution < -0.4 is 10.6 Å². The third-order valence-electron chi connectivity index (χ3n) is 2.55. The van der Waals surface area contributed by atoms with Gasteiger partial charge in [-0.3, -0.25) is 5.41 Å². The quantitative estimate of drug-likeness (QED) is 0.631. The Labute approximate surface area is 104 Å². The van der Waals surface area contributed by atoms with Gasteiger partial charge in [-0.25, -0.2) is 0 Å². The number of nitrogens with zero attached hydrogens (tertiary/aromatic N) is 1. The first kappa shape index (κ1) is 14.3. The molecule has 0 aliphatic rings. The van der Waals surface area contributed by atoms with Crippen molar-refractivity contribution >= 4 is 11.5 Å². The van der Waals surface area contributed by atoms with Crippen LogP contribution in [-0.2, 0) is 0 Å². The number of hydrogen-bond donors (Lipinski definition) is 2. The highest BCUT2D eigenvalue weighted by Gasteiger charge is 2.26. The van der Waals surface area contributed by atoms with E-state index in [4.69, 9.17) is 11.1 Å². The molecule has 1 rings (SSSR count). The largest absolute Gasteiger partial charge is 0.389 e. The van der Waals surface area contributed by atoms with Crippen LogP contribution in [0.2, 0.25) is 0 Å². The Hall–Kier alpha value is -1.72. The molecule has 0 aromatic heterocycles. The molecule has 0 unspecified atom stereocenters. The van der Waals surface area contributed by atoms with Crippen LogP contribution in [0.3, 0.4) is 0 Å². The fourth-order valence-electron chi connectivity index (χ4n) is 1.56. The molecule has 6 heteroatoms. The first-order valence-corrected chi connectivity index (χ1v) is 5.52. The van der Waals surface area contributed by atoms with E-state index in [9.17, 15) is 13.2 Å². The number of alkyl halides is 3. The predicted molar refractivity (Wildman–Crippen MR) is 66.0 cm³/mol. The van der Waals surface area contributed by atoms with Crippen molar-refractivity contribution < 1.29 is 13.2 Å². The van der Waals surface area contributed by atoms with Crippen molar-refractivity contribution in [3.05, 3.63) is 29.8 Å². The molecule has 100 valence electrons. The van der Waals surface area contributed by atoms with E-state index in [2.05, 4.69) is 0 Å². The van der Waals surface area contributed by atoms with Crippen molar-refractivity contribution in [1.82, 2.24) is 0 Å². The third-order valence-corrected chi connectivity index (χ3v) is 2.55. The molecular weight excluding hydrogens is 243 g/mol. The summed E-state index contributed by atoms with van der Waals surface area (Å²) in [5, 5.41) is 7.30. The molecule has 0 amide bonds. The molecule has 0 saturated heterocycles. The fourth-order valence-corrected chi connectivity index (χ4v) is 1.56. The minimum atomic E-state index is -4.11. The van der Waals surface area contributed by atoms with Crippen molar-refractivity contribution in [1.29, 1.82) is 5.41 Å². The summed E-state index contributed by atoms with van der Waals surface area (Å²) in [6, 6.07) is 6.89. The molecule has 3 nitrogen and oxygen atoms in total. The molecule has 0 bridgehead atoms. The zero-order valence-electron chi connectivity index (χ0n) is 10.1. The van der Waals surface area contributed by atoms with Crippen molar-refractivity contribution in [3.63, 3.8) is 0 Å². The van der Waals surface area contributed by atoms with Crippen molar-refractivity contribution in [2.75, 3.05) is 18.5 Å². The summed E-state index contributed by atoms with van der Waals surface area (Å²) in [5.74, 6) is -0.0551. The van der Waals surface area contributed by atoms with Crippen LogP contribution in [0.4, 0.5) is 18.9 Å². The lowest BCUT2D eigenvalue weighted by Crippen LogP contribution is -2.21. The summed E-state index contributed by atoms with van der Waals surface area (Å²) in [5.41, 5.74) is 6.68.